The van der Waals surface area contributed by atoms with Crippen LogP contribution in [0.25, 0.3) is 0 Å². The standard InChI is InChI=1S/C16H16F2N2O2/c17-12-5-11(6-13(18)7-12)16-14(1-2-15(21)20-16)19-8-10-3-4-22-9-10/h3-7,9,14,16,19H,1-2,8H2,(H,20,21)/t14-,16+/m1/s1. The van der Waals surface area contributed by atoms with Gasteiger partial charge in [-0.15, -0.1) is 0 Å². The molecule has 2 heterocycles. The smallest absolute Gasteiger partial charge is 0.220 e. The predicted molar refractivity (Wildman–Crippen MR) is 75.8 cm³/mol. The van der Waals surface area contributed by atoms with Gasteiger partial charge in [-0.1, -0.05) is 0 Å². The molecule has 0 saturated carbocycles. The Balaban J connectivity index is 1.78. The van der Waals surface area contributed by atoms with Crippen LogP contribution < -0.4 is 10.6 Å². The van der Waals surface area contributed by atoms with Crippen LogP contribution in [-0.4, -0.2) is 11.9 Å². The minimum absolute atomic E-state index is 0.103. The van der Waals surface area contributed by atoms with E-state index >= 15 is 0 Å². The number of amides is 1. The Bertz CT molecular complexity index is 638. The van der Waals surface area contributed by atoms with Crippen molar-refractivity contribution in [3.05, 3.63) is 59.6 Å². The van der Waals surface area contributed by atoms with Crippen molar-refractivity contribution in [2.24, 2.45) is 0 Å². The van der Waals surface area contributed by atoms with Crippen molar-refractivity contribution in [2.45, 2.75) is 31.5 Å². The van der Waals surface area contributed by atoms with Crippen LogP contribution in [0.4, 0.5) is 8.78 Å². The molecular weight excluding hydrogens is 290 g/mol. The van der Waals surface area contributed by atoms with Gasteiger partial charge in [-0.05, 0) is 30.2 Å². The van der Waals surface area contributed by atoms with Crippen molar-refractivity contribution >= 4 is 5.91 Å². The Hall–Kier alpha value is -2.21. The van der Waals surface area contributed by atoms with Crippen LogP contribution in [0.3, 0.4) is 0 Å². The van der Waals surface area contributed by atoms with E-state index < -0.39 is 17.7 Å². The molecule has 1 amide bonds. The summed E-state index contributed by atoms with van der Waals surface area (Å²) in [5.41, 5.74) is 1.40. The predicted octanol–water partition coefficient (Wildman–Crippen LogP) is 2.67. The van der Waals surface area contributed by atoms with Crippen LogP contribution in [0.5, 0.6) is 0 Å². The van der Waals surface area contributed by atoms with E-state index in [0.717, 1.165) is 11.6 Å². The van der Waals surface area contributed by atoms with Gasteiger partial charge >= 0.3 is 0 Å². The largest absolute Gasteiger partial charge is 0.472 e. The zero-order valence-corrected chi connectivity index (χ0v) is 11.8. The second-order valence-electron chi connectivity index (χ2n) is 5.41. The van der Waals surface area contributed by atoms with Gasteiger partial charge in [0.2, 0.25) is 5.91 Å². The van der Waals surface area contributed by atoms with E-state index in [4.69, 9.17) is 4.42 Å². The van der Waals surface area contributed by atoms with E-state index in [2.05, 4.69) is 10.6 Å². The first kappa shape index (κ1) is 14.7. The fourth-order valence-electron chi connectivity index (χ4n) is 2.73. The van der Waals surface area contributed by atoms with Gasteiger partial charge in [-0.25, -0.2) is 8.78 Å². The van der Waals surface area contributed by atoms with Gasteiger partial charge in [-0.3, -0.25) is 4.79 Å². The average Bonchev–Trinajstić information content (AvgIpc) is 2.98. The first-order valence-corrected chi connectivity index (χ1v) is 7.11. The number of carbonyl (C=O) groups excluding carboxylic acids is 1. The summed E-state index contributed by atoms with van der Waals surface area (Å²) < 4.78 is 31.9. The van der Waals surface area contributed by atoms with Gasteiger partial charge in [0.1, 0.15) is 11.6 Å². The molecule has 6 heteroatoms. The fraction of sp³-hybridized carbons (Fsp3) is 0.312. The summed E-state index contributed by atoms with van der Waals surface area (Å²) in [5.74, 6) is -1.41. The molecule has 2 N–H and O–H groups in total. The number of nitrogens with one attached hydrogen (secondary N) is 2. The molecule has 1 saturated heterocycles. The van der Waals surface area contributed by atoms with E-state index in [-0.39, 0.29) is 11.9 Å². The summed E-state index contributed by atoms with van der Waals surface area (Å²) >= 11 is 0. The van der Waals surface area contributed by atoms with E-state index in [1.54, 1.807) is 12.5 Å². The van der Waals surface area contributed by atoms with Gasteiger partial charge in [0, 0.05) is 30.6 Å². The van der Waals surface area contributed by atoms with E-state index in [1.807, 2.05) is 6.07 Å². The molecule has 3 rings (SSSR count). The highest BCUT2D eigenvalue weighted by molar-refractivity contribution is 5.77. The first-order valence-electron chi connectivity index (χ1n) is 7.11. The fourth-order valence-corrected chi connectivity index (χ4v) is 2.73. The molecule has 0 radical (unpaired) electrons. The van der Waals surface area contributed by atoms with Gasteiger partial charge in [0.05, 0.1) is 18.6 Å². The second kappa shape index (κ2) is 6.27. The van der Waals surface area contributed by atoms with Gasteiger partial charge in [0.25, 0.3) is 0 Å². The minimum Gasteiger partial charge on any atom is -0.472 e. The molecule has 1 aliphatic rings. The highest BCUT2D eigenvalue weighted by atomic mass is 19.1. The summed E-state index contributed by atoms with van der Waals surface area (Å²) in [4.78, 5) is 11.7. The third kappa shape index (κ3) is 3.33. The Morgan fingerprint density at radius 2 is 2.05 bits per heavy atom. The van der Waals surface area contributed by atoms with E-state index in [9.17, 15) is 13.6 Å². The maximum Gasteiger partial charge on any atom is 0.220 e. The lowest BCUT2D eigenvalue weighted by molar-refractivity contribution is -0.123. The van der Waals surface area contributed by atoms with Crippen LogP contribution in [0.1, 0.15) is 30.0 Å². The highest BCUT2D eigenvalue weighted by Gasteiger charge is 2.30. The third-order valence-electron chi connectivity index (χ3n) is 3.79. The molecule has 0 bridgehead atoms. The Kier molecular flexibility index (Phi) is 4.20. The number of benzene rings is 1. The quantitative estimate of drug-likeness (QED) is 0.913. The lowest BCUT2D eigenvalue weighted by atomic mass is 9.91. The molecular formula is C16H16F2N2O2. The number of piperidine rings is 1. The molecule has 0 aliphatic carbocycles. The maximum atomic E-state index is 13.4. The summed E-state index contributed by atoms with van der Waals surface area (Å²) in [7, 11) is 0. The zero-order valence-electron chi connectivity index (χ0n) is 11.8. The molecule has 1 fully saturated rings. The molecule has 22 heavy (non-hydrogen) atoms. The first-order chi connectivity index (χ1) is 10.6. The Morgan fingerprint density at radius 3 is 2.73 bits per heavy atom. The molecule has 0 spiro atoms. The summed E-state index contributed by atoms with van der Waals surface area (Å²) in [6.07, 6.45) is 4.20. The van der Waals surface area contributed by atoms with Crippen LogP contribution in [0, 0.1) is 11.6 Å². The monoisotopic (exact) mass is 306 g/mol. The Morgan fingerprint density at radius 1 is 1.27 bits per heavy atom. The molecule has 0 unspecified atom stereocenters. The minimum atomic E-state index is -0.650. The molecule has 2 atom stereocenters. The van der Waals surface area contributed by atoms with Crippen LogP contribution >= 0.6 is 0 Å². The zero-order chi connectivity index (χ0) is 15.5. The molecule has 1 aliphatic heterocycles. The number of hydrogen-bond donors (Lipinski definition) is 2. The maximum absolute atomic E-state index is 13.4. The Labute approximate surface area is 126 Å². The summed E-state index contributed by atoms with van der Waals surface area (Å²) in [5, 5.41) is 6.12. The molecule has 1 aromatic carbocycles. The van der Waals surface area contributed by atoms with Crippen molar-refractivity contribution in [2.75, 3.05) is 0 Å². The SMILES string of the molecule is O=C1CC[C@@H](NCc2ccoc2)[C@H](c2cc(F)cc(F)c2)N1. The van der Waals surface area contributed by atoms with Crippen LogP contribution in [0.2, 0.25) is 0 Å². The van der Waals surface area contributed by atoms with E-state index in [0.29, 0.717) is 24.9 Å². The molecule has 1 aromatic heterocycles. The normalized spacial score (nSPS) is 21.6. The number of halogens is 2. The number of hydrogen-bond acceptors (Lipinski definition) is 3. The van der Waals surface area contributed by atoms with Gasteiger partial charge < -0.3 is 15.1 Å². The van der Waals surface area contributed by atoms with E-state index in [1.165, 1.54) is 12.1 Å². The van der Waals surface area contributed by atoms with Crippen molar-refractivity contribution in [3.8, 4) is 0 Å². The summed E-state index contributed by atoms with van der Waals surface area (Å²) in [6.45, 7) is 0.561. The van der Waals surface area contributed by atoms with Crippen LogP contribution in [-0.2, 0) is 11.3 Å². The third-order valence-corrected chi connectivity index (χ3v) is 3.79. The lowest BCUT2D eigenvalue weighted by Gasteiger charge is -2.33. The molecule has 4 nitrogen and oxygen atoms in total. The number of rotatable bonds is 4. The highest BCUT2D eigenvalue weighted by Crippen LogP contribution is 2.26. The number of furan rings is 1. The van der Waals surface area contributed by atoms with Crippen molar-refractivity contribution in [1.29, 1.82) is 0 Å². The molecule has 116 valence electrons. The van der Waals surface area contributed by atoms with Crippen molar-refractivity contribution in [3.63, 3.8) is 0 Å². The average molecular weight is 306 g/mol. The lowest BCUT2D eigenvalue weighted by Crippen LogP contribution is -2.48. The van der Waals surface area contributed by atoms with Crippen molar-refractivity contribution < 1.29 is 18.0 Å². The topological polar surface area (TPSA) is 54.3 Å². The van der Waals surface area contributed by atoms with Crippen molar-refractivity contribution in [1.82, 2.24) is 10.6 Å². The summed E-state index contributed by atoms with van der Waals surface area (Å²) in [6, 6.07) is 4.61. The van der Waals surface area contributed by atoms with Gasteiger partial charge in [-0.2, -0.15) is 0 Å². The number of carbonyl (C=O) groups is 1. The molecule has 2 aromatic rings. The second-order valence-corrected chi connectivity index (χ2v) is 5.41. The van der Waals surface area contributed by atoms with Gasteiger partial charge in [0.15, 0.2) is 0 Å². The van der Waals surface area contributed by atoms with Crippen LogP contribution in [0.15, 0.2) is 41.2 Å².